The van der Waals surface area contributed by atoms with Crippen molar-refractivity contribution in [2.45, 2.75) is 31.2 Å². The molecule has 0 radical (unpaired) electrons. The monoisotopic (exact) mass is 303 g/mol. The molecule has 16 heavy (non-hydrogen) atoms. The van der Waals surface area contributed by atoms with E-state index >= 15 is 0 Å². The minimum Gasteiger partial charge on any atom is -0.313 e. The molecule has 1 N–H and O–H groups in total. The molecular weight excluding hydrogens is 286 g/mol. The van der Waals surface area contributed by atoms with Gasteiger partial charge in [0.15, 0.2) is 0 Å². The van der Waals surface area contributed by atoms with Crippen molar-refractivity contribution in [2.24, 2.45) is 0 Å². The molecule has 1 aromatic rings. The lowest BCUT2D eigenvalue weighted by atomic mass is 10.2. The largest absolute Gasteiger partial charge is 0.313 e. The molecule has 90 valence electrons. The second-order valence-electron chi connectivity index (χ2n) is 3.63. The summed E-state index contributed by atoms with van der Waals surface area (Å²) in [5, 5.41) is 3.34. The Morgan fingerprint density at radius 3 is 2.75 bits per heavy atom. The van der Waals surface area contributed by atoms with Crippen LogP contribution in [0, 0.1) is 0 Å². The van der Waals surface area contributed by atoms with Crippen molar-refractivity contribution in [2.75, 3.05) is 12.3 Å². The fraction of sp³-hybridized carbons (Fsp3) is 0.500. The smallest absolute Gasteiger partial charge is 0.0545 e. The first-order chi connectivity index (χ1) is 7.67. The van der Waals surface area contributed by atoms with Gasteiger partial charge in [-0.3, -0.25) is 4.21 Å². The molecule has 4 heteroatoms. The molecular formula is C12H18BrNOS. The van der Waals surface area contributed by atoms with Crippen molar-refractivity contribution in [3.05, 3.63) is 28.7 Å². The summed E-state index contributed by atoms with van der Waals surface area (Å²) in [5.74, 6) is 0.681. The first-order valence-corrected chi connectivity index (χ1v) is 7.65. The van der Waals surface area contributed by atoms with E-state index in [9.17, 15) is 4.21 Å². The zero-order valence-corrected chi connectivity index (χ0v) is 12.1. The third-order valence-electron chi connectivity index (χ3n) is 2.40. The molecule has 0 amide bonds. The normalized spacial score (nSPS) is 14.7. The average molecular weight is 304 g/mol. The Bertz CT molecular complexity index is 357. The maximum atomic E-state index is 12.1. The molecule has 0 bridgehead atoms. The number of halogens is 1. The third kappa shape index (κ3) is 4.36. The van der Waals surface area contributed by atoms with Crippen molar-refractivity contribution in [3.8, 4) is 0 Å². The Morgan fingerprint density at radius 2 is 2.19 bits per heavy atom. The van der Waals surface area contributed by atoms with E-state index in [2.05, 4.69) is 35.1 Å². The van der Waals surface area contributed by atoms with E-state index in [1.54, 1.807) is 0 Å². The maximum absolute atomic E-state index is 12.1. The number of hydrogen-bond acceptors (Lipinski definition) is 2. The van der Waals surface area contributed by atoms with Crippen LogP contribution in [-0.4, -0.2) is 22.5 Å². The quantitative estimate of drug-likeness (QED) is 0.875. The van der Waals surface area contributed by atoms with Gasteiger partial charge < -0.3 is 5.32 Å². The summed E-state index contributed by atoms with van der Waals surface area (Å²) in [6.45, 7) is 5.12. The summed E-state index contributed by atoms with van der Waals surface area (Å²) in [6.07, 6.45) is 1.01. The van der Waals surface area contributed by atoms with Gasteiger partial charge in [0, 0.05) is 21.2 Å². The summed E-state index contributed by atoms with van der Waals surface area (Å²) < 4.78 is 13.1. The van der Waals surface area contributed by atoms with Crippen LogP contribution in [0.3, 0.4) is 0 Å². The molecule has 0 heterocycles. The topological polar surface area (TPSA) is 29.1 Å². The molecule has 1 aromatic carbocycles. The zero-order valence-electron chi connectivity index (χ0n) is 9.70. The molecule has 0 aliphatic heterocycles. The van der Waals surface area contributed by atoms with Crippen LogP contribution in [0.5, 0.6) is 0 Å². The lowest BCUT2D eigenvalue weighted by Crippen LogP contribution is -2.33. The third-order valence-corrected chi connectivity index (χ3v) is 4.38. The number of rotatable bonds is 6. The van der Waals surface area contributed by atoms with E-state index in [-0.39, 0.29) is 0 Å². The molecule has 0 aliphatic carbocycles. The summed E-state index contributed by atoms with van der Waals surface area (Å²) in [7, 11) is -0.918. The van der Waals surface area contributed by atoms with Crippen molar-refractivity contribution in [3.63, 3.8) is 0 Å². The van der Waals surface area contributed by atoms with E-state index in [0.29, 0.717) is 11.8 Å². The highest BCUT2D eigenvalue weighted by Gasteiger charge is 2.11. The molecule has 0 spiro atoms. The van der Waals surface area contributed by atoms with Gasteiger partial charge in [-0.1, -0.05) is 35.8 Å². The first kappa shape index (κ1) is 13.9. The molecule has 0 aliphatic rings. The second-order valence-corrected chi connectivity index (χ2v) is 6.04. The SMILES string of the molecule is CCNC(CC)CS(=O)c1cccc(Br)c1. The molecule has 2 nitrogen and oxygen atoms in total. The van der Waals surface area contributed by atoms with Crippen molar-refractivity contribution in [1.82, 2.24) is 5.32 Å². The van der Waals surface area contributed by atoms with E-state index in [4.69, 9.17) is 0 Å². The zero-order chi connectivity index (χ0) is 12.0. The number of nitrogens with one attached hydrogen (secondary N) is 1. The summed E-state index contributed by atoms with van der Waals surface area (Å²) in [6, 6.07) is 8.05. The van der Waals surface area contributed by atoms with Crippen LogP contribution in [0.15, 0.2) is 33.6 Å². The fourth-order valence-electron chi connectivity index (χ4n) is 1.50. The molecule has 0 fully saturated rings. The Hall–Kier alpha value is -0.190. The summed E-state index contributed by atoms with van der Waals surface area (Å²) in [5.41, 5.74) is 0. The first-order valence-electron chi connectivity index (χ1n) is 5.54. The van der Waals surface area contributed by atoms with Gasteiger partial charge in [0.1, 0.15) is 0 Å². The minimum absolute atomic E-state index is 0.338. The van der Waals surface area contributed by atoms with Gasteiger partial charge in [-0.2, -0.15) is 0 Å². The van der Waals surface area contributed by atoms with Crippen LogP contribution in [-0.2, 0) is 10.8 Å². The van der Waals surface area contributed by atoms with E-state index in [0.717, 1.165) is 22.3 Å². The van der Waals surface area contributed by atoms with Crippen molar-refractivity contribution in [1.29, 1.82) is 0 Å². The molecule has 0 aromatic heterocycles. The van der Waals surface area contributed by atoms with Crippen LogP contribution >= 0.6 is 15.9 Å². The Labute approximate surface area is 108 Å². The molecule has 2 unspecified atom stereocenters. The maximum Gasteiger partial charge on any atom is 0.0545 e. The van der Waals surface area contributed by atoms with E-state index < -0.39 is 10.8 Å². The highest BCUT2D eigenvalue weighted by atomic mass is 79.9. The average Bonchev–Trinajstić information content (AvgIpc) is 2.28. The predicted octanol–water partition coefficient (Wildman–Crippen LogP) is 2.94. The van der Waals surface area contributed by atoms with Gasteiger partial charge in [0.05, 0.1) is 10.8 Å². The lowest BCUT2D eigenvalue weighted by Gasteiger charge is -2.15. The van der Waals surface area contributed by atoms with Crippen LogP contribution < -0.4 is 5.32 Å². The summed E-state index contributed by atoms with van der Waals surface area (Å²) in [4.78, 5) is 0.894. The molecule has 0 saturated heterocycles. The van der Waals surface area contributed by atoms with E-state index in [1.807, 2.05) is 24.3 Å². The Morgan fingerprint density at radius 1 is 1.44 bits per heavy atom. The van der Waals surface area contributed by atoms with Gasteiger partial charge in [0.25, 0.3) is 0 Å². The molecule has 0 saturated carbocycles. The number of benzene rings is 1. The van der Waals surface area contributed by atoms with Crippen LogP contribution in [0.1, 0.15) is 20.3 Å². The van der Waals surface area contributed by atoms with Gasteiger partial charge in [0.2, 0.25) is 0 Å². The predicted molar refractivity (Wildman–Crippen MR) is 73.2 cm³/mol. The fourth-order valence-corrected chi connectivity index (χ4v) is 3.45. The van der Waals surface area contributed by atoms with Crippen LogP contribution in [0.25, 0.3) is 0 Å². The Kier molecular flexibility index (Phi) is 6.24. The highest BCUT2D eigenvalue weighted by Crippen LogP contribution is 2.15. The molecule has 1 rings (SSSR count). The van der Waals surface area contributed by atoms with Crippen LogP contribution in [0.2, 0.25) is 0 Å². The van der Waals surface area contributed by atoms with Gasteiger partial charge in [-0.05, 0) is 31.2 Å². The van der Waals surface area contributed by atoms with Crippen molar-refractivity contribution < 1.29 is 4.21 Å². The minimum atomic E-state index is -0.918. The molecule has 2 atom stereocenters. The standard InChI is InChI=1S/C12H18BrNOS/c1-3-11(14-4-2)9-16(15)12-7-5-6-10(13)8-12/h5-8,11,14H,3-4,9H2,1-2H3. The Balaban J connectivity index is 2.64. The van der Waals surface area contributed by atoms with Crippen LogP contribution in [0.4, 0.5) is 0 Å². The lowest BCUT2D eigenvalue weighted by molar-refractivity contribution is 0.553. The van der Waals surface area contributed by atoms with Gasteiger partial charge in [-0.15, -0.1) is 0 Å². The van der Waals surface area contributed by atoms with E-state index in [1.165, 1.54) is 0 Å². The second kappa shape index (κ2) is 7.20. The van der Waals surface area contributed by atoms with Gasteiger partial charge in [-0.25, -0.2) is 0 Å². The van der Waals surface area contributed by atoms with Crippen molar-refractivity contribution >= 4 is 26.7 Å². The summed E-state index contributed by atoms with van der Waals surface area (Å²) >= 11 is 3.39. The number of hydrogen-bond donors (Lipinski definition) is 1. The highest BCUT2D eigenvalue weighted by molar-refractivity contribution is 9.10. The van der Waals surface area contributed by atoms with Gasteiger partial charge >= 0.3 is 0 Å².